The van der Waals surface area contributed by atoms with Crippen LogP contribution >= 0.6 is 0 Å². The Labute approximate surface area is 148 Å². The molecule has 2 aromatic carbocycles. The minimum Gasteiger partial charge on any atom is -0.478 e. The SMILES string of the molecule is CN(Cc1ccc(C(=O)O)cc1)Cc1cc2c(cc1OC(F)F)OCO2. The molecule has 0 aromatic heterocycles. The van der Waals surface area contributed by atoms with E-state index in [0.717, 1.165) is 5.56 Å². The Balaban J connectivity index is 1.73. The second-order valence-electron chi connectivity index (χ2n) is 5.87. The monoisotopic (exact) mass is 365 g/mol. The van der Waals surface area contributed by atoms with Gasteiger partial charge in [0, 0.05) is 24.7 Å². The lowest BCUT2D eigenvalue weighted by Crippen LogP contribution is -2.18. The molecule has 2 aromatic rings. The van der Waals surface area contributed by atoms with Crippen LogP contribution in [0.4, 0.5) is 8.78 Å². The second-order valence-corrected chi connectivity index (χ2v) is 5.87. The van der Waals surface area contributed by atoms with Gasteiger partial charge in [-0.25, -0.2) is 4.79 Å². The van der Waals surface area contributed by atoms with Gasteiger partial charge in [-0.3, -0.25) is 4.90 Å². The Morgan fingerprint density at radius 1 is 1.19 bits per heavy atom. The third kappa shape index (κ3) is 4.20. The van der Waals surface area contributed by atoms with Gasteiger partial charge in [-0.05, 0) is 30.8 Å². The largest absolute Gasteiger partial charge is 0.478 e. The summed E-state index contributed by atoms with van der Waals surface area (Å²) in [7, 11) is 1.82. The molecule has 1 heterocycles. The predicted molar refractivity (Wildman–Crippen MR) is 87.8 cm³/mol. The van der Waals surface area contributed by atoms with Gasteiger partial charge >= 0.3 is 12.6 Å². The topological polar surface area (TPSA) is 68.2 Å². The number of alkyl halides is 2. The fraction of sp³-hybridized carbons (Fsp3) is 0.278. The minimum absolute atomic E-state index is 0.0392. The van der Waals surface area contributed by atoms with Crippen LogP contribution in [0.25, 0.3) is 0 Å². The lowest BCUT2D eigenvalue weighted by atomic mass is 10.1. The molecule has 1 aliphatic heterocycles. The van der Waals surface area contributed by atoms with Crippen molar-refractivity contribution in [2.75, 3.05) is 13.8 Å². The lowest BCUT2D eigenvalue weighted by Gasteiger charge is -2.19. The van der Waals surface area contributed by atoms with E-state index in [4.69, 9.17) is 14.6 Å². The Morgan fingerprint density at radius 2 is 1.85 bits per heavy atom. The molecular weight excluding hydrogens is 348 g/mol. The van der Waals surface area contributed by atoms with Crippen molar-refractivity contribution in [2.24, 2.45) is 0 Å². The van der Waals surface area contributed by atoms with Gasteiger partial charge in [-0.2, -0.15) is 8.78 Å². The highest BCUT2D eigenvalue weighted by Crippen LogP contribution is 2.39. The van der Waals surface area contributed by atoms with E-state index in [1.54, 1.807) is 18.2 Å². The fourth-order valence-corrected chi connectivity index (χ4v) is 2.71. The first-order valence-corrected chi connectivity index (χ1v) is 7.80. The number of carbonyl (C=O) groups is 1. The number of hydrogen-bond acceptors (Lipinski definition) is 5. The number of benzene rings is 2. The highest BCUT2D eigenvalue weighted by Gasteiger charge is 2.20. The average molecular weight is 365 g/mol. The molecule has 1 N–H and O–H groups in total. The van der Waals surface area contributed by atoms with Crippen molar-refractivity contribution in [1.29, 1.82) is 0 Å². The zero-order valence-corrected chi connectivity index (χ0v) is 13.9. The Kier molecular flexibility index (Phi) is 5.22. The summed E-state index contributed by atoms with van der Waals surface area (Å²) in [6, 6.07) is 9.52. The molecule has 0 fully saturated rings. The number of aromatic carboxylic acids is 1. The van der Waals surface area contributed by atoms with E-state index in [1.165, 1.54) is 18.2 Å². The van der Waals surface area contributed by atoms with Gasteiger partial charge in [0.1, 0.15) is 5.75 Å². The number of carboxylic acid groups (broad SMARTS) is 1. The van der Waals surface area contributed by atoms with E-state index in [9.17, 15) is 13.6 Å². The first kappa shape index (κ1) is 17.9. The summed E-state index contributed by atoms with van der Waals surface area (Å²) in [5.74, 6) is -0.0893. The molecule has 0 saturated carbocycles. The van der Waals surface area contributed by atoms with Crippen LogP contribution in [0.1, 0.15) is 21.5 Å². The first-order valence-electron chi connectivity index (χ1n) is 7.80. The molecule has 3 rings (SSSR count). The fourth-order valence-electron chi connectivity index (χ4n) is 2.71. The third-order valence-corrected chi connectivity index (χ3v) is 3.87. The van der Waals surface area contributed by atoms with Crippen LogP contribution in [-0.2, 0) is 13.1 Å². The molecule has 1 aliphatic rings. The number of nitrogens with zero attached hydrogens (tertiary/aromatic N) is 1. The quantitative estimate of drug-likeness (QED) is 0.812. The Bertz CT molecular complexity index is 795. The van der Waals surface area contributed by atoms with E-state index in [0.29, 0.717) is 30.2 Å². The number of hydrogen-bond donors (Lipinski definition) is 1. The number of ether oxygens (including phenoxy) is 3. The van der Waals surface area contributed by atoms with E-state index < -0.39 is 12.6 Å². The summed E-state index contributed by atoms with van der Waals surface area (Å²) in [6.07, 6.45) is 0. The maximum atomic E-state index is 12.7. The average Bonchev–Trinajstić information content (AvgIpc) is 3.02. The van der Waals surface area contributed by atoms with E-state index in [1.807, 2.05) is 11.9 Å². The molecule has 0 aliphatic carbocycles. The normalized spacial score (nSPS) is 12.7. The zero-order valence-electron chi connectivity index (χ0n) is 13.9. The molecule has 138 valence electrons. The molecular formula is C18H17F2NO5. The van der Waals surface area contributed by atoms with Crippen molar-refractivity contribution in [3.63, 3.8) is 0 Å². The lowest BCUT2D eigenvalue weighted by molar-refractivity contribution is -0.0508. The Morgan fingerprint density at radius 3 is 2.46 bits per heavy atom. The van der Waals surface area contributed by atoms with Crippen LogP contribution in [0, 0.1) is 0 Å². The minimum atomic E-state index is -2.94. The maximum absolute atomic E-state index is 12.7. The zero-order chi connectivity index (χ0) is 18.7. The number of carboxylic acids is 1. The maximum Gasteiger partial charge on any atom is 0.387 e. The third-order valence-electron chi connectivity index (χ3n) is 3.87. The van der Waals surface area contributed by atoms with Gasteiger partial charge in [-0.1, -0.05) is 12.1 Å². The summed E-state index contributed by atoms with van der Waals surface area (Å²) >= 11 is 0. The summed E-state index contributed by atoms with van der Waals surface area (Å²) in [5.41, 5.74) is 1.65. The van der Waals surface area contributed by atoms with E-state index >= 15 is 0 Å². The van der Waals surface area contributed by atoms with Crippen molar-refractivity contribution < 1.29 is 32.9 Å². The molecule has 0 spiro atoms. The first-order chi connectivity index (χ1) is 12.4. The van der Waals surface area contributed by atoms with Gasteiger partial charge in [0.05, 0.1) is 5.56 Å². The standard InChI is InChI=1S/C18H17F2NO5/c1-21(8-11-2-4-12(5-3-11)17(22)23)9-13-6-15-16(25-10-24-15)7-14(13)26-18(19)20/h2-7,18H,8-10H2,1H3,(H,22,23). The smallest absolute Gasteiger partial charge is 0.387 e. The van der Waals surface area contributed by atoms with Crippen molar-refractivity contribution in [1.82, 2.24) is 4.90 Å². The molecule has 0 atom stereocenters. The summed E-state index contributed by atoms with van der Waals surface area (Å²) in [6.45, 7) is -2.07. The molecule has 8 heteroatoms. The van der Waals surface area contributed by atoms with Gasteiger partial charge < -0.3 is 19.3 Å². The molecule has 0 saturated heterocycles. The predicted octanol–water partition coefficient (Wildman–Crippen LogP) is 3.35. The van der Waals surface area contributed by atoms with E-state index in [2.05, 4.69) is 4.74 Å². The number of fused-ring (bicyclic) bond motifs is 1. The molecule has 0 radical (unpaired) electrons. The molecule has 0 bridgehead atoms. The van der Waals surface area contributed by atoms with Crippen molar-refractivity contribution in [2.45, 2.75) is 19.7 Å². The summed E-state index contributed by atoms with van der Waals surface area (Å²) in [4.78, 5) is 12.8. The molecule has 0 amide bonds. The van der Waals surface area contributed by atoms with Gasteiger partial charge in [-0.15, -0.1) is 0 Å². The molecule has 26 heavy (non-hydrogen) atoms. The highest BCUT2D eigenvalue weighted by atomic mass is 19.3. The highest BCUT2D eigenvalue weighted by molar-refractivity contribution is 5.87. The van der Waals surface area contributed by atoms with Crippen LogP contribution in [0.3, 0.4) is 0 Å². The van der Waals surface area contributed by atoms with Gasteiger partial charge in [0.2, 0.25) is 6.79 Å². The van der Waals surface area contributed by atoms with Crippen molar-refractivity contribution in [3.05, 3.63) is 53.1 Å². The van der Waals surface area contributed by atoms with Crippen LogP contribution < -0.4 is 14.2 Å². The van der Waals surface area contributed by atoms with Gasteiger partial charge in [0.25, 0.3) is 0 Å². The van der Waals surface area contributed by atoms with Crippen LogP contribution in [0.15, 0.2) is 36.4 Å². The summed E-state index contributed by atoms with van der Waals surface area (Å²) in [5, 5.41) is 8.92. The van der Waals surface area contributed by atoms with Crippen LogP contribution in [-0.4, -0.2) is 36.4 Å². The van der Waals surface area contributed by atoms with Gasteiger partial charge in [0.15, 0.2) is 11.5 Å². The number of rotatable bonds is 7. The van der Waals surface area contributed by atoms with Crippen molar-refractivity contribution in [3.8, 4) is 17.2 Å². The van der Waals surface area contributed by atoms with Crippen LogP contribution in [0.2, 0.25) is 0 Å². The van der Waals surface area contributed by atoms with E-state index in [-0.39, 0.29) is 18.1 Å². The summed E-state index contributed by atoms with van der Waals surface area (Å²) < 4.78 is 40.5. The van der Waals surface area contributed by atoms with Crippen molar-refractivity contribution >= 4 is 5.97 Å². The number of halogens is 2. The van der Waals surface area contributed by atoms with Crippen LogP contribution in [0.5, 0.6) is 17.2 Å². The second kappa shape index (κ2) is 7.57. The Hall–Kier alpha value is -2.87. The molecule has 0 unspecified atom stereocenters. The molecule has 6 nitrogen and oxygen atoms in total.